The third-order valence-corrected chi connectivity index (χ3v) is 8.08. The summed E-state index contributed by atoms with van der Waals surface area (Å²) in [5, 5.41) is 2.99. The average Bonchev–Trinajstić information content (AvgIpc) is 3.47. The van der Waals surface area contributed by atoms with Gasteiger partial charge in [-0.2, -0.15) is 0 Å². The van der Waals surface area contributed by atoms with Crippen LogP contribution in [0.5, 0.6) is 11.5 Å². The van der Waals surface area contributed by atoms with Crippen LogP contribution in [0, 0.1) is 29.5 Å². The summed E-state index contributed by atoms with van der Waals surface area (Å²) in [7, 11) is 1.37. The molecule has 1 aromatic rings. The lowest BCUT2D eigenvalue weighted by atomic mass is 9.84. The monoisotopic (exact) mass is 603 g/mol. The number of amides is 1. The number of methoxy groups -OCH3 is 1. The number of rotatable bonds is 8. The van der Waals surface area contributed by atoms with Gasteiger partial charge in [-0.1, -0.05) is 0 Å². The van der Waals surface area contributed by atoms with Gasteiger partial charge in [-0.05, 0) is 69.8 Å². The summed E-state index contributed by atoms with van der Waals surface area (Å²) in [5.41, 5.74) is 0.147. The van der Waals surface area contributed by atoms with Crippen LogP contribution in [-0.2, 0) is 17.4 Å². The number of carbonyl (C=O) groups is 3. The van der Waals surface area contributed by atoms with Gasteiger partial charge in [-0.15, -0.1) is 0 Å². The fourth-order valence-corrected chi connectivity index (χ4v) is 6.24. The highest BCUT2D eigenvalue weighted by Gasteiger charge is 2.52. The summed E-state index contributed by atoms with van der Waals surface area (Å²) >= 11 is 1.59. The van der Waals surface area contributed by atoms with E-state index in [-0.39, 0.29) is 64.8 Å². The number of benzene rings is 1. The number of carbonyl (C=O) groups excluding carboxylic acids is 3. The van der Waals surface area contributed by atoms with Gasteiger partial charge in [0.15, 0.2) is 34.6 Å². The molecule has 0 aliphatic heterocycles. The maximum atomic E-state index is 14.8. The molecule has 4 atom stereocenters. The van der Waals surface area contributed by atoms with Crippen LogP contribution >= 0.6 is 23.0 Å². The molecule has 3 fully saturated rings. The first-order chi connectivity index (χ1) is 16.9. The normalized spacial score (nSPS) is 29.4. The summed E-state index contributed by atoms with van der Waals surface area (Å²) in [6, 6.07) is 2.17. The van der Waals surface area contributed by atoms with Crippen molar-refractivity contribution in [3.8, 4) is 11.5 Å². The highest BCUT2D eigenvalue weighted by molar-refractivity contribution is 14.1. The van der Waals surface area contributed by atoms with Gasteiger partial charge in [0.2, 0.25) is 0 Å². The zero-order valence-corrected chi connectivity index (χ0v) is 22.0. The van der Waals surface area contributed by atoms with Crippen LogP contribution in [0.15, 0.2) is 12.1 Å². The van der Waals surface area contributed by atoms with Crippen molar-refractivity contribution in [2.24, 2.45) is 23.7 Å². The first-order valence-electron chi connectivity index (χ1n) is 12.2. The molecule has 10 heteroatoms. The molecule has 3 saturated carbocycles. The second-order valence-electron chi connectivity index (χ2n) is 9.58. The second-order valence-corrected chi connectivity index (χ2v) is 10.0. The molecule has 0 spiro atoms. The van der Waals surface area contributed by atoms with E-state index in [2.05, 4.69) is 5.32 Å². The summed E-state index contributed by atoms with van der Waals surface area (Å²) < 4.78 is 36.1. The molecule has 0 unspecified atom stereocenters. The predicted octanol–water partition coefficient (Wildman–Crippen LogP) is 4.37. The lowest BCUT2D eigenvalue weighted by molar-refractivity contribution is -0.149. The molecule has 0 aromatic heterocycles. The summed E-state index contributed by atoms with van der Waals surface area (Å²) in [5.74, 6) is -1.68. The molecule has 1 amide bonds. The predicted molar refractivity (Wildman–Crippen MR) is 132 cm³/mol. The molecule has 3 aliphatic carbocycles. The van der Waals surface area contributed by atoms with Crippen LogP contribution in [0.1, 0.15) is 62.2 Å². The van der Waals surface area contributed by atoms with Crippen molar-refractivity contribution in [2.45, 2.75) is 64.0 Å². The molecule has 8 nitrogen and oxygen atoms in total. The highest BCUT2D eigenvalue weighted by atomic mass is 127. The first-order valence-corrected chi connectivity index (χ1v) is 13.1. The Bertz CT molecular complexity index is 965. The van der Waals surface area contributed by atoms with Gasteiger partial charge in [0, 0.05) is 12.1 Å². The molecule has 4 rings (SSSR count). The average molecular weight is 603 g/mol. The van der Waals surface area contributed by atoms with Crippen molar-refractivity contribution in [1.82, 2.24) is 5.32 Å². The van der Waals surface area contributed by atoms with Crippen molar-refractivity contribution in [2.75, 3.05) is 13.7 Å². The third-order valence-electron chi connectivity index (χ3n) is 7.65. The Morgan fingerprint density at radius 1 is 1.03 bits per heavy atom. The van der Waals surface area contributed by atoms with Gasteiger partial charge in [0.25, 0.3) is 5.91 Å². The Morgan fingerprint density at radius 2 is 1.74 bits per heavy atom. The standard InChI is InChI=1S/C25H31FINO7/c1-3-33-24(30)13-6-8-16(9-7-13)34-20-11-17(19(32-2)12-18(20)26)23(29)28-22-15-5-4-14(10-15)21(22)25(31)35-27/h11-16,21-22H,3-10H2,1-2H3,(H,28,29)/t13-,14-,15+,16+,21+,22-/m1/s1. The van der Waals surface area contributed by atoms with Gasteiger partial charge >= 0.3 is 11.9 Å². The molecule has 2 bridgehead atoms. The van der Waals surface area contributed by atoms with Crippen LogP contribution in [0.25, 0.3) is 0 Å². The molecule has 1 N–H and O–H groups in total. The van der Waals surface area contributed by atoms with E-state index in [1.165, 1.54) is 13.2 Å². The molecular weight excluding hydrogens is 572 g/mol. The topological polar surface area (TPSA) is 100 Å². The van der Waals surface area contributed by atoms with Crippen molar-refractivity contribution in [3.63, 3.8) is 0 Å². The van der Waals surface area contributed by atoms with E-state index in [9.17, 15) is 18.8 Å². The lowest BCUT2D eigenvalue weighted by Gasteiger charge is -2.30. The van der Waals surface area contributed by atoms with Crippen LogP contribution in [-0.4, -0.2) is 43.7 Å². The molecule has 0 saturated heterocycles. The largest absolute Gasteiger partial charge is 0.496 e. The van der Waals surface area contributed by atoms with Gasteiger partial charge in [0.1, 0.15) is 5.75 Å². The number of nitrogens with one attached hydrogen (secondary N) is 1. The molecule has 3 aliphatic rings. The highest BCUT2D eigenvalue weighted by Crippen LogP contribution is 2.49. The van der Waals surface area contributed by atoms with E-state index >= 15 is 0 Å². The molecule has 0 radical (unpaired) electrons. The van der Waals surface area contributed by atoms with E-state index < -0.39 is 11.7 Å². The van der Waals surface area contributed by atoms with Crippen molar-refractivity contribution in [3.05, 3.63) is 23.5 Å². The van der Waals surface area contributed by atoms with E-state index in [0.717, 1.165) is 25.3 Å². The van der Waals surface area contributed by atoms with Gasteiger partial charge in [-0.3, -0.25) is 14.4 Å². The zero-order chi connectivity index (χ0) is 25.1. The van der Waals surface area contributed by atoms with Crippen LogP contribution in [0.2, 0.25) is 0 Å². The molecule has 1 aromatic carbocycles. The molecule has 192 valence electrons. The third kappa shape index (κ3) is 5.51. The van der Waals surface area contributed by atoms with Gasteiger partial charge < -0.3 is 22.6 Å². The van der Waals surface area contributed by atoms with Crippen molar-refractivity contribution >= 4 is 40.9 Å². The van der Waals surface area contributed by atoms with Crippen LogP contribution < -0.4 is 14.8 Å². The minimum atomic E-state index is -0.628. The molecular formula is C25H31FINO7. The zero-order valence-electron chi connectivity index (χ0n) is 19.9. The number of hydrogen-bond acceptors (Lipinski definition) is 7. The fraction of sp³-hybridized carbons (Fsp3) is 0.640. The summed E-state index contributed by atoms with van der Waals surface area (Å²) in [6.07, 6.45) is 4.88. The van der Waals surface area contributed by atoms with E-state index in [1.807, 2.05) is 0 Å². The number of fused-ring (bicyclic) bond motifs is 2. The Balaban J connectivity index is 1.46. The molecule has 35 heavy (non-hydrogen) atoms. The SMILES string of the molecule is CCOC(=O)[C@H]1CC[C@@H](Oc2cc(C(=O)N[C@@H]3[C@H]4CC[C@H](C4)[C@@H]3C(=O)OI)c(OC)cc2F)CC1. The Kier molecular flexibility index (Phi) is 8.38. The number of halogens is 2. The Morgan fingerprint density at radius 3 is 2.40 bits per heavy atom. The summed E-state index contributed by atoms with van der Waals surface area (Å²) in [4.78, 5) is 37.6. The fourth-order valence-electron chi connectivity index (χ4n) is 5.95. The van der Waals surface area contributed by atoms with Crippen LogP contribution in [0.4, 0.5) is 4.39 Å². The number of ether oxygens (including phenoxy) is 3. The summed E-state index contributed by atoms with van der Waals surface area (Å²) in [6.45, 7) is 2.12. The van der Waals surface area contributed by atoms with E-state index in [0.29, 0.717) is 32.3 Å². The lowest BCUT2D eigenvalue weighted by Crippen LogP contribution is -2.47. The van der Waals surface area contributed by atoms with Crippen molar-refractivity contribution < 1.29 is 36.1 Å². The maximum absolute atomic E-state index is 14.8. The van der Waals surface area contributed by atoms with Crippen LogP contribution in [0.3, 0.4) is 0 Å². The van der Waals surface area contributed by atoms with Crippen molar-refractivity contribution in [1.29, 1.82) is 0 Å². The quantitative estimate of drug-likeness (QED) is 0.348. The first kappa shape index (κ1) is 26.0. The molecule has 0 heterocycles. The Hall–Kier alpha value is -2.11. The minimum Gasteiger partial charge on any atom is -0.496 e. The van der Waals surface area contributed by atoms with E-state index in [1.54, 1.807) is 29.9 Å². The maximum Gasteiger partial charge on any atom is 0.320 e. The minimum absolute atomic E-state index is 0.0355. The Labute approximate surface area is 218 Å². The number of hydrogen-bond donors (Lipinski definition) is 1. The smallest absolute Gasteiger partial charge is 0.320 e. The van der Waals surface area contributed by atoms with Gasteiger partial charge in [-0.25, -0.2) is 4.39 Å². The van der Waals surface area contributed by atoms with E-state index in [4.69, 9.17) is 17.3 Å². The second kappa shape index (κ2) is 11.3. The van der Waals surface area contributed by atoms with Gasteiger partial charge in [0.05, 0.1) is 37.2 Å². The number of esters is 1.